The van der Waals surface area contributed by atoms with Crippen LogP contribution in [0, 0.1) is 0 Å². The summed E-state index contributed by atoms with van der Waals surface area (Å²) < 4.78 is 0. The maximum Gasteiger partial charge on any atom is 0.338 e. The molecule has 0 radical (unpaired) electrons. The smallest absolute Gasteiger partial charge is 0.338 e. The third-order valence-corrected chi connectivity index (χ3v) is 2.78. The van der Waals surface area contributed by atoms with E-state index >= 15 is 0 Å². The first kappa shape index (κ1) is 12.1. The minimum absolute atomic E-state index is 0.170. The van der Waals surface area contributed by atoms with Crippen LogP contribution in [0.4, 0.5) is 0 Å². The van der Waals surface area contributed by atoms with Crippen molar-refractivity contribution in [2.75, 3.05) is 0 Å². The molecule has 2 rings (SSSR count). The summed E-state index contributed by atoms with van der Waals surface area (Å²) in [6.07, 6.45) is 4.03. The van der Waals surface area contributed by atoms with Gasteiger partial charge < -0.3 is 10.1 Å². The van der Waals surface area contributed by atoms with Crippen LogP contribution < -0.4 is 5.56 Å². The molecule has 1 aromatic heterocycles. The molecule has 92 valence electrons. The highest BCUT2D eigenvalue weighted by Crippen LogP contribution is 2.18. The van der Waals surface area contributed by atoms with Crippen LogP contribution in [0.25, 0.3) is 10.8 Å². The summed E-state index contributed by atoms with van der Waals surface area (Å²) in [6.45, 7) is 1.85. The molecule has 0 atom stereocenters. The zero-order chi connectivity index (χ0) is 13.1. The van der Waals surface area contributed by atoms with Crippen LogP contribution in [0.2, 0.25) is 0 Å². The number of carbonyl (C=O) groups is 1. The predicted molar refractivity (Wildman–Crippen MR) is 70.0 cm³/mol. The quantitative estimate of drug-likeness (QED) is 0.813. The van der Waals surface area contributed by atoms with Gasteiger partial charge in [0.1, 0.15) is 0 Å². The Kier molecular flexibility index (Phi) is 3.28. The summed E-state index contributed by atoms with van der Waals surface area (Å²) in [5.41, 5.74) is 0.350. The van der Waals surface area contributed by atoms with E-state index in [4.69, 9.17) is 0 Å². The van der Waals surface area contributed by atoms with Gasteiger partial charge in [-0.1, -0.05) is 30.4 Å². The number of fused-ring (bicyclic) bond motifs is 1. The Hall–Kier alpha value is -2.36. The number of aromatic carboxylic acids is 1. The first-order valence-corrected chi connectivity index (χ1v) is 5.63. The van der Waals surface area contributed by atoms with Crippen LogP contribution >= 0.6 is 0 Å². The molecule has 0 spiro atoms. The molecule has 0 aliphatic rings. The van der Waals surface area contributed by atoms with Gasteiger partial charge in [0.2, 0.25) is 0 Å². The molecule has 18 heavy (non-hydrogen) atoms. The highest BCUT2D eigenvalue weighted by Gasteiger charge is 2.15. The van der Waals surface area contributed by atoms with Crippen LogP contribution in [0.5, 0.6) is 0 Å². The number of benzene rings is 1. The van der Waals surface area contributed by atoms with Gasteiger partial charge in [0.05, 0.1) is 5.56 Å². The lowest BCUT2D eigenvalue weighted by Crippen LogP contribution is -2.15. The monoisotopic (exact) mass is 243 g/mol. The molecule has 0 saturated heterocycles. The molecule has 0 bridgehead atoms. The maximum atomic E-state index is 11.9. The molecule has 1 heterocycles. The zero-order valence-corrected chi connectivity index (χ0v) is 9.93. The van der Waals surface area contributed by atoms with E-state index in [9.17, 15) is 14.7 Å². The van der Waals surface area contributed by atoms with Crippen LogP contribution in [-0.4, -0.2) is 16.1 Å². The summed E-state index contributed by atoms with van der Waals surface area (Å²) in [5.74, 6) is -1.03. The number of nitrogens with one attached hydrogen (secondary N) is 1. The van der Waals surface area contributed by atoms with Crippen LogP contribution in [-0.2, 0) is 6.42 Å². The third-order valence-electron chi connectivity index (χ3n) is 2.78. The number of hydrogen-bond donors (Lipinski definition) is 2. The lowest BCUT2D eigenvalue weighted by atomic mass is 10.0. The van der Waals surface area contributed by atoms with Gasteiger partial charge in [-0.3, -0.25) is 4.79 Å². The van der Waals surface area contributed by atoms with Gasteiger partial charge in [0.15, 0.2) is 0 Å². The van der Waals surface area contributed by atoms with Gasteiger partial charge in [-0.25, -0.2) is 4.79 Å². The Bertz CT molecular complexity index is 683. The fourth-order valence-electron chi connectivity index (χ4n) is 1.96. The molecule has 2 aromatic rings. The van der Waals surface area contributed by atoms with Crippen molar-refractivity contribution in [1.82, 2.24) is 4.98 Å². The molecule has 2 N–H and O–H groups in total. The molecule has 0 aliphatic carbocycles. The highest BCUT2D eigenvalue weighted by atomic mass is 16.4. The first-order chi connectivity index (χ1) is 8.65. The normalized spacial score (nSPS) is 11.2. The summed E-state index contributed by atoms with van der Waals surface area (Å²) in [6, 6.07) is 6.73. The number of hydrogen-bond acceptors (Lipinski definition) is 2. The van der Waals surface area contributed by atoms with Gasteiger partial charge in [-0.05, 0) is 13.0 Å². The molecule has 4 nitrogen and oxygen atoms in total. The number of carboxylic acid groups (broad SMARTS) is 1. The first-order valence-electron chi connectivity index (χ1n) is 5.63. The number of pyridine rings is 1. The minimum Gasteiger partial charge on any atom is -0.478 e. The Morgan fingerprint density at radius 3 is 2.61 bits per heavy atom. The SMILES string of the molecule is CC=CCc1[nH]c(=O)c2ccccc2c1C(=O)O. The van der Waals surface area contributed by atoms with E-state index in [1.54, 1.807) is 24.3 Å². The van der Waals surface area contributed by atoms with Crippen molar-refractivity contribution in [2.45, 2.75) is 13.3 Å². The second kappa shape index (κ2) is 4.87. The van der Waals surface area contributed by atoms with Crippen LogP contribution in [0.1, 0.15) is 23.0 Å². The summed E-state index contributed by atoms with van der Waals surface area (Å²) in [4.78, 5) is 25.9. The third kappa shape index (κ3) is 2.05. The Morgan fingerprint density at radius 2 is 2.00 bits per heavy atom. The van der Waals surface area contributed by atoms with Crippen molar-refractivity contribution >= 4 is 16.7 Å². The lowest BCUT2D eigenvalue weighted by molar-refractivity contribution is 0.0697. The average molecular weight is 243 g/mol. The van der Waals surface area contributed by atoms with E-state index in [1.807, 2.05) is 19.1 Å². The summed E-state index contributed by atoms with van der Waals surface area (Å²) in [5, 5.41) is 10.2. The molecule has 0 amide bonds. The molecule has 0 aliphatic heterocycles. The fourth-order valence-corrected chi connectivity index (χ4v) is 1.96. The number of H-pyrrole nitrogens is 1. The molecule has 1 aromatic carbocycles. The lowest BCUT2D eigenvalue weighted by Gasteiger charge is -2.07. The van der Waals surface area contributed by atoms with Gasteiger partial charge in [0.25, 0.3) is 5.56 Å². The van der Waals surface area contributed by atoms with E-state index in [0.717, 1.165) is 0 Å². The molecule has 4 heteroatoms. The van der Waals surface area contributed by atoms with E-state index in [-0.39, 0.29) is 11.1 Å². The zero-order valence-electron chi connectivity index (χ0n) is 9.93. The highest BCUT2D eigenvalue weighted by molar-refractivity contribution is 6.04. The molecule has 0 unspecified atom stereocenters. The van der Waals surface area contributed by atoms with Crippen molar-refractivity contribution in [3.05, 3.63) is 58.0 Å². The summed E-state index contributed by atoms with van der Waals surface area (Å²) >= 11 is 0. The van der Waals surface area contributed by atoms with Crippen LogP contribution in [0.3, 0.4) is 0 Å². The Labute approximate surface area is 104 Å². The Morgan fingerprint density at radius 1 is 1.33 bits per heavy atom. The largest absolute Gasteiger partial charge is 0.478 e. The Balaban J connectivity index is 2.82. The van der Waals surface area contributed by atoms with Gasteiger partial charge in [0, 0.05) is 22.9 Å². The molecular weight excluding hydrogens is 230 g/mol. The maximum absolute atomic E-state index is 11.9. The average Bonchev–Trinajstić information content (AvgIpc) is 2.36. The van der Waals surface area contributed by atoms with E-state index in [2.05, 4.69) is 4.98 Å². The van der Waals surface area contributed by atoms with Gasteiger partial charge in [-0.2, -0.15) is 0 Å². The minimum atomic E-state index is -1.03. The van der Waals surface area contributed by atoms with Crippen LogP contribution in [0.15, 0.2) is 41.2 Å². The summed E-state index contributed by atoms with van der Waals surface area (Å²) in [7, 11) is 0. The number of aromatic nitrogens is 1. The molecular formula is C14H13NO3. The second-order valence-electron chi connectivity index (χ2n) is 3.93. The number of carboxylic acids is 1. The van der Waals surface area contributed by atoms with Gasteiger partial charge in [-0.15, -0.1) is 0 Å². The van der Waals surface area contributed by atoms with E-state index in [1.165, 1.54) is 0 Å². The van der Waals surface area contributed by atoms with Crippen molar-refractivity contribution in [3.8, 4) is 0 Å². The number of aromatic amines is 1. The molecule has 0 fully saturated rings. The number of allylic oxidation sites excluding steroid dienone is 2. The topological polar surface area (TPSA) is 70.2 Å². The number of rotatable bonds is 3. The molecule has 0 saturated carbocycles. The van der Waals surface area contributed by atoms with Crippen molar-refractivity contribution < 1.29 is 9.90 Å². The van der Waals surface area contributed by atoms with Crippen molar-refractivity contribution in [2.24, 2.45) is 0 Å². The van der Waals surface area contributed by atoms with Crippen molar-refractivity contribution in [3.63, 3.8) is 0 Å². The van der Waals surface area contributed by atoms with Crippen molar-refractivity contribution in [1.29, 1.82) is 0 Å². The predicted octanol–water partition coefficient (Wildman–Crippen LogP) is 2.34. The van der Waals surface area contributed by atoms with E-state index in [0.29, 0.717) is 22.9 Å². The van der Waals surface area contributed by atoms with Gasteiger partial charge >= 0.3 is 5.97 Å². The fraction of sp³-hybridized carbons (Fsp3) is 0.143. The van der Waals surface area contributed by atoms with E-state index < -0.39 is 5.97 Å². The second-order valence-corrected chi connectivity index (χ2v) is 3.93. The standard InChI is InChI=1S/C14H13NO3/c1-2-3-8-11-12(14(17)18)9-6-4-5-7-10(9)13(16)15-11/h2-7H,8H2,1H3,(H,15,16)(H,17,18).